The van der Waals surface area contributed by atoms with Gasteiger partial charge in [-0.15, -0.1) is 0 Å². The fourth-order valence-corrected chi connectivity index (χ4v) is 6.81. The second kappa shape index (κ2) is 7.62. The normalized spacial score (nSPS) is 11.0. The van der Waals surface area contributed by atoms with Crippen molar-refractivity contribution in [3.8, 4) is 26.0 Å². The summed E-state index contributed by atoms with van der Waals surface area (Å²) in [5.74, 6) is 0.893. The van der Waals surface area contributed by atoms with E-state index in [-0.39, 0.29) is 0 Å². The SMILES string of the molecule is COc1cccc(-c2c3ccc(=[N+](C)C)cc-3[te]c3cc(N(C)C)ccc23)c1. The van der Waals surface area contributed by atoms with Crippen molar-refractivity contribution in [1.29, 1.82) is 0 Å². The van der Waals surface area contributed by atoms with Crippen LogP contribution in [0.5, 0.6) is 5.75 Å². The van der Waals surface area contributed by atoms with Crippen LogP contribution in [0.3, 0.4) is 0 Å². The minimum atomic E-state index is -0.462. The molecule has 4 heteroatoms. The number of fused-ring (bicyclic) bond motifs is 2. The molecule has 2 aliphatic rings. The number of benzene rings is 3. The zero-order chi connectivity index (χ0) is 19.8. The number of hydrogen-bond acceptors (Lipinski definition) is 2. The fraction of sp³-hybridized carbons (Fsp3) is 0.208. The van der Waals surface area contributed by atoms with Gasteiger partial charge in [-0.05, 0) is 0 Å². The van der Waals surface area contributed by atoms with Gasteiger partial charge in [0.1, 0.15) is 0 Å². The third kappa shape index (κ3) is 3.43. The van der Waals surface area contributed by atoms with E-state index >= 15 is 0 Å². The monoisotopic (exact) mass is 487 g/mol. The third-order valence-electron chi connectivity index (χ3n) is 5.08. The Balaban J connectivity index is 2.13. The summed E-state index contributed by atoms with van der Waals surface area (Å²) < 4.78 is 10.7. The Labute approximate surface area is 176 Å². The van der Waals surface area contributed by atoms with Gasteiger partial charge in [0.15, 0.2) is 0 Å². The Kier molecular flexibility index (Phi) is 5.19. The molecule has 0 spiro atoms. The van der Waals surface area contributed by atoms with Crippen molar-refractivity contribution in [1.82, 2.24) is 4.58 Å². The summed E-state index contributed by atoms with van der Waals surface area (Å²) in [6.07, 6.45) is 0. The molecule has 142 valence electrons. The van der Waals surface area contributed by atoms with Gasteiger partial charge >= 0.3 is 176 Å². The summed E-state index contributed by atoms with van der Waals surface area (Å²) in [5.41, 5.74) is 5.16. The first-order valence-corrected chi connectivity index (χ1v) is 11.6. The van der Waals surface area contributed by atoms with Crippen LogP contribution >= 0.6 is 0 Å². The average Bonchev–Trinajstić information content (AvgIpc) is 2.70. The molecule has 1 aliphatic heterocycles. The van der Waals surface area contributed by atoms with E-state index in [4.69, 9.17) is 4.74 Å². The molecule has 1 heterocycles. The molecule has 28 heavy (non-hydrogen) atoms. The van der Waals surface area contributed by atoms with Crippen LogP contribution in [0.15, 0.2) is 60.7 Å². The molecular weight excluding hydrogens is 460 g/mol. The van der Waals surface area contributed by atoms with Crippen LogP contribution in [-0.4, -0.2) is 55.7 Å². The molecule has 0 amide bonds. The van der Waals surface area contributed by atoms with Gasteiger partial charge in [0, 0.05) is 0 Å². The molecule has 2 aromatic rings. The fourth-order valence-electron chi connectivity index (χ4n) is 3.51. The van der Waals surface area contributed by atoms with Crippen molar-refractivity contribution in [3.05, 3.63) is 66.0 Å². The van der Waals surface area contributed by atoms with Crippen molar-refractivity contribution in [2.75, 3.05) is 40.2 Å². The topological polar surface area (TPSA) is 15.5 Å². The molecule has 0 bridgehead atoms. The zero-order valence-electron chi connectivity index (χ0n) is 17.0. The van der Waals surface area contributed by atoms with Crippen LogP contribution in [0.2, 0.25) is 0 Å². The van der Waals surface area contributed by atoms with Crippen molar-refractivity contribution in [2.24, 2.45) is 0 Å². The van der Waals surface area contributed by atoms with Crippen molar-refractivity contribution in [2.45, 2.75) is 0 Å². The standard InChI is InChI=1S/C24H25N2OTe/c1-25(2)17-9-11-20-22(14-17)28-23-15-18(26(3)4)10-12-21(23)24(20)16-7-6-8-19(13-16)27-5/h6-15H,1-5H3/q+1. The Morgan fingerprint density at radius 2 is 1.75 bits per heavy atom. The first-order chi connectivity index (χ1) is 13.5. The van der Waals surface area contributed by atoms with E-state index in [1.807, 2.05) is 6.07 Å². The molecule has 0 saturated carbocycles. The summed E-state index contributed by atoms with van der Waals surface area (Å²) in [5, 5.41) is 2.63. The molecule has 0 unspecified atom stereocenters. The molecular formula is C24H25N2OTe+. The predicted octanol–water partition coefficient (Wildman–Crippen LogP) is 3.78. The first-order valence-electron chi connectivity index (χ1n) is 9.30. The van der Waals surface area contributed by atoms with E-state index in [9.17, 15) is 0 Å². The van der Waals surface area contributed by atoms with Crippen molar-refractivity contribution < 1.29 is 4.74 Å². The van der Waals surface area contributed by atoms with Crippen molar-refractivity contribution in [3.63, 3.8) is 0 Å². The number of ether oxygens (including phenoxy) is 1. The second-order valence-electron chi connectivity index (χ2n) is 7.36. The van der Waals surface area contributed by atoms with Crippen LogP contribution in [-0.2, 0) is 0 Å². The third-order valence-corrected chi connectivity index (χ3v) is 8.26. The summed E-state index contributed by atoms with van der Waals surface area (Å²) >= 11 is -0.462. The quantitative estimate of drug-likeness (QED) is 0.250. The van der Waals surface area contributed by atoms with Crippen LogP contribution < -0.4 is 19.6 Å². The first kappa shape index (κ1) is 19.1. The molecule has 3 nitrogen and oxygen atoms in total. The number of methoxy groups -OCH3 is 1. The average molecular weight is 485 g/mol. The van der Waals surface area contributed by atoms with Gasteiger partial charge in [-0.1, -0.05) is 0 Å². The van der Waals surface area contributed by atoms with Crippen LogP contribution in [0.1, 0.15) is 0 Å². The second-order valence-corrected chi connectivity index (χ2v) is 10.5. The van der Waals surface area contributed by atoms with E-state index in [1.54, 1.807) is 7.11 Å². The van der Waals surface area contributed by atoms with Crippen molar-refractivity contribution >= 4 is 34.9 Å². The van der Waals surface area contributed by atoms with Gasteiger partial charge < -0.3 is 0 Å². The van der Waals surface area contributed by atoms with Gasteiger partial charge in [-0.3, -0.25) is 0 Å². The molecule has 4 rings (SSSR count). The number of anilines is 1. The number of hydrogen-bond donors (Lipinski definition) is 0. The van der Waals surface area contributed by atoms with Gasteiger partial charge in [0.2, 0.25) is 0 Å². The van der Waals surface area contributed by atoms with Crippen LogP contribution in [0.25, 0.3) is 29.1 Å². The maximum atomic E-state index is 5.50. The number of rotatable bonds is 3. The molecule has 0 saturated heterocycles. The summed E-state index contributed by atoms with van der Waals surface area (Å²) in [6, 6.07) is 22.2. The summed E-state index contributed by atoms with van der Waals surface area (Å²) in [4.78, 5) is 2.18. The Hall–Kier alpha value is -2.28. The van der Waals surface area contributed by atoms with Gasteiger partial charge in [-0.25, -0.2) is 0 Å². The van der Waals surface area contributed by atoms with Crippen LogP contribution in [0.4, 0.5) is 5.69 Å². The van der Waals surface area contributed by atoms with Gasteiger partial charge in [0.05, 0.1) is 0 Å². The van der Waals surface area contributed by atoms with Crippen LogP contribution in [0, 0.1) is 0 Å². The predicted molar refractivity (Wildman–Crippen MR) is 121 cm³/mol. The van der Waals surface area contributed by atoms with E-state index in [0.717, 1.165) is 5.75 Å². The number of nitrogens with zero attached hydrogens (tertiary/aromatic N) is 2. The Morgan fingerprint density at radius 3 is 2.46 bits per heavy atom. The molecule has 0 atom stereocenters. The van der Waals surface area contributed by atoms with E-state index in [2.05, 4.69) is 92.3 Å². The Morgan fingerprint density at radius 1 is 0.929 bits per heavy atom. The summed E-state index contributed by atoms with van der Waals surface area (Å²) in [6.45, 7) is 0. The minimum absolute atomic E-state index is 0.462. The van der Waals surface area contributed by atoms with E-state index in [1.165, 1.54) is 40.1 Å². The molecule has 2 aromatic carbocycles. The summed E-state index contributed by atoms with van der Waals surface area (Å²) in [7, 11) is 10.2. The van der Waals surface area contributed by atoms with Gasteiger partial charge in [-0.2, -0.15) is 0 Å². The maximum absolute atomic E-state index is 5.50. The molecule has 0 fully saturated rings. The van der Waals surface area contributed by atoms with Gasteiger partial charge in [0.25, 0.3) is 0 Å². The molecule has 1 aliphatic carbocycles. The molecule has 0 N–H and O–H groups in total. The zero-order valence-corrected chi connectivity index (χ0v) is 19.3. The molecule has 0 radical (unpaired) electrons. The van der Waals surface area contributed by atoms with E-state index < -0.39 is 20.4 Å². The molecule has 0 aromatic heterocycles. The van der Waals surface area contributed by atoms with E-state index in [0.29, 0.717) is 0 Å². The Bertz CT molecular complexity index is 1200.